The molecule has 0 saturated carbocycles. The Morgan fingerprint density at radius 1 is 0.727 bits per heavy atom. The van der Waals surface area contributed by atoms with Gasteiger partial charge in [-0.2, -0.15) is 0 Å². The minimum absolute atomic E-state index is 0.115. The van der Waals surface area contributed by atoms with Crippen LogP contribution in [0.25, 0.3) is 16.8 Å². The van der Waals surface area contributed by atoms with Gasteiger partial charge in [-0.05, 0) is 48.8 Å². The Bertz CT molecular complexity index is 959. The normalized spacial score (nSPS) is 12.2. The van der Waals surface area contributed by atoms with Crippen LogP contribution in [0.2, 0.25) is 0 Å². The molecule has 0 aliphatic heterocycles. The van der Waals surface area contributed by atoms with E-state index in [2.05, 4.69) is 0 Å². The van der Waals surface area contributed by atoms with Crippen molar-refractivity contribution in [2.24, 2.45) is 0 Å². The van der Waals surface area contributed by atoms with Gasteiger partial charge in [-0.25, -0.2) is 0 Å². The highest BCUT2D eigenvalue weighted by Crippen LogP contribution is 2.74. The zero-order valence-corrected chi connectivity index (χ0v) is 21.8. The third kappa shape index (κ3) is 7.26. The fourth-order valence-electron chi connectivity index (χ4n) is 3.06. The Balaban J connectivity index is 2.79. The van der Waals surface area contributed by atoms with E-state index in [1.165, 1.54) is 6.08 Å². The summed E-state index contributed by atoms with van der Waals surface area (Å²) in [7, 11) is -8.07. The van der Waals surface area contributed by atoms with Crippen molar-refractivity contribution in [3.8, 4) is 5.75 Å². The van der Waals surface area contributed by atoms with Crippen molar-refractivity contribution in [3.63, 3.8) is 0 Å². The largest absolute Gasteiger partial charge is 0.507 e. The quantitative estimate of drug-likeness (QED) is 0.249. The predicted molar refractivity (Wildman–Crippen MR) is 134 cm³/mol. The lowest BCUT2D eigenvalue weighted by Crippen LogP contribution is -2.07. The fraction of sp³-hybridized carbons (Fsp3) is 0.500. The van der Waals surface area contributed by atoms with E-state index in [4.69, 9.17) is 18.1 Å². The maximum Gasteiger partial charge on any atom is 0.369 e. The lowest BCUT2D eigenvalue weighted by atomic mass is 10.0. The molecule has 33 heavy (non-hydrogen) atoms. The first kappa shape index (κ1) is 27.8. The van der Waals surface area contributed by atoms with E-state index in [0.29, 0.717) is 42.0 Å². The van der Waals surface area contributed by atoms with Crippen molar-refractivity contribution in [3.05, 3.63) is 47.0 Å². The fourth-order valence-corrected chi connectivity index (χ4v) is 7.92. The molecule has 0 atom stereocenters. The molecule has 0 aliphatic rings. The molecular weight excluding hydrogens is 462 g/mol. The first-order valence-electron chi connectivity index (χ1n) is 11.6. The molecule has 0 saturated heterocycles. The van der Waals surface area contributed by atoms with Crippen LogP contribution >= 0.6 is 15.2 Å². The van der Waals surface area contributed by atoms with Crippen LogP contribution < -0.4 is 0 Å². The van der Waals surface area contributed by atoms with E-state index in [1.54, 1.807) is 18.2 Å². The molecule has 2 aromatic rings. The van der Waals surface area contributed by atoms with Crippen LogP contribution in [0.4, 0.5) is 0 Å². The Morgan fingerprint density at radius 3 is 1.58 bits per heavy atom. The summed E-state index contributed by atoms with van der Waals surface area (Å²) in [5.41, 5.74) is 0.597. The van der Waals surface area contributed by atoms with Crippen LogP contribution in [0.5, 0.6) is 5.75 Å². The smallest absolute Gasteiger partial charge is 0.369 e. The number of fused-ring (bicyclic) bond motifs is 1. The summed E-state index contributed by atoms with van der Waals surface area (Å²) in [6.45, 7) is 8.21. The molecule has 0 aromatic heterocycles. The molecule has 1 N–H and O–H groups in total. The van der Waals surface area contributed by atoms with Gasteiger partial charge >= 0.3 is 15.2 Å². The zero-order chi connectivity index (χ0) is 24.3. The van der Waals surface area contributed by atoms with Crippen LogP contribution in [0.15, 0.2) is 41.5 Å². The monoisotopic (exact) mass is 498 g/mol. The third-order valence-electron chi connectivity index (χ3n) is 4.64. The lowest BCUT2D eigenvalue weighted by molar-refractivity contribution is 0.199. The first-order valence-corrected chi connectivity index (χ1v) is 14.7. The van der Waals surface area contributed by atoms with E-state index in [-0.39, 0.29) is 37.2 Å². The van der Waals surface area contributed by atoms with Gasteiger partial charge in [0.05, 0.1) is 26.4 Å². The van der Waals surface area contributed by atoms with Crippen LogP contribution in [0, 0.1) is 0 Å². The number of benzene rings is 2. The summed E-state index contributed by atoms with van der Waals surface area (Å²) in [4.78, 5) is 0. The van der Waals surface area contributed by atoms with Gasteiger partial charge in [0, 0.05) is 5.39 Å². The van der Waals surface area contributed by atoms with Gasteiger partial charge in [0.15, 0.2) is 5.06 Å². The van der Waals surface area contributed by atoms with Crippen LogP contribution in [-0.2, 0) is 27.2 Å². The van der Waals surface area contributed by atoms with Gasteiger partial charge in [-0.1, -0.05) is 58.0 Å². The van der Waals surface area contributed by atoms with Gasteiger partial charge < -0.3 is 23.2 Å². The molecule has 9 heteroatoms. The summed E-state index contributed by atoms with van der Waals surface area (Å²) >= 11 is 0. The molecule has 0 heterocycles. The predicted octanol–water partition coefficient (Wildman–Crippen LogP) is 7.94. The first-order chi connectivity index (χ1) is 15.8. The summed E-state index contributed by atoms with van der Waals surface area (Å²) in [5, 5.41) is 11.5. The average molecular weight is 498 g/mol. The highest BCUT2D eigenvalue weighted by Gasteiger charge is 2.45. The van der Waals surface area contributed by atoms with Crippen LogP contribution in [0.1, 0.15) is 58.9 Å². The molecule has 0 fully saturated rings. The maximum atomic E-state index is 14.1. The van der Waals surface area contributed by atoms with Gasteiger partial charge in [0.2, 0.25) is 0 Å². The minimum Gasteiger partial charge on any atom is -0.507 e. The van der Waals surface area contributed by atoms with Crippen molar-refractivity contribution >= 4 is 32.0 Å². The van der Waals surface area contributed by atoms with Crippen molar-refractivity contribution in [2.45, 2.75) is 53.4 Å². The Kier molecular flexibility index (Phi) is 11.3. The molecule has 184 valence electrons. The molecule has 0 radical (unpaired) electrons. The molecule has 0 bridgehead atoms. The third-order valence-corrected chi connectivity index (χ3v) is 9.58. The van der Waals surface area contributed by atoms with Crippen LogP contribution in [-0.4, -0.2) is 31.5 Å². The highest BCUT2D eigenvalue weighted by atomic mass is 31.2. The van der Waals surface area contributed by atoms with Gasteiger partial charge in [-0.15, -0.1) is 0 Å². The Labute approximate surface area is 197 Å². The standard InChI is InChI=1S/C24H36O7P2/c1-5-15-28-32(26,29-16-6-2)24(33(27,30-17-7-3)31-18-8-4)19-20-13-14-23(25)22-12-10-9-11-21(20)22/h9-14,19,25H,5-8,15-18H2,1-4H3. The molecule has 2 rings (SSSR count). The number of hydrogen-bond acceptors (Lipinski definition) is 7. The van der Waals surface area contributed by atoms with Crippen molar-refractivity contribution < 1.29 is 32.3 Å². The SMILES string of the molecule is CCCOP(=O)(OCCC)C(=Cc1ccc(O)c2ccccc12)P(=O)(OCCC)OCCC. The van der Waals surface area contributed by atoms with Gasteiger partial charge in [0.1, 0.15) is 5.75 Å². The number of rotatable bonds is 15. The summed E-state index contributed by atoms with van der Waals surface area (Å²) in [6, 6.07) is 10.5. The van der Waals surface area contributed by atoms with E-state index in [9.17, 15) is 14.2 Å². The molecular formula is C24H36O7P2. The van der Waals surface area contributed by atoms with Crippen molar-refractivity contribution in [1.82, 2.24) is 0 Å². The topological polar surface area (TPSA) is 91.3 Å². The number of phenols is 1. The molecule has 2 aromatic carbocycles. The van der Waals surface area contributed by atoms with Gasteiger partial charge in [-0.3, -0.25) is 9.13 Å². The highest BCUT2D eigenvalue weighted by molar-refractivity contribution is 7.79. The van der Waals surface area contributed by atoms with Crippen LogP contribution in [0.3, 0.4) is 0 Å². The van der Waals surface area contributed by atoms with E-state index < -0.39 is 15.2 Å². The molecule has 0 aliphatic carbocycles. The maximum absolute atomic E-state index is 14.1. The molecule has 0 unspecified atom stereocenters. The van der Waals surface area contributed by atoms with E-state index in [0.717, 1.165) is 0 Å². The average Bonchev–Trinajstić information content (AvgIpc) is 2.83. The number of hydrogen-bond donors (Lipinski definition) is 1. The second kappa shape index (κ2) is 13.4. The minimum atomic E-state index is -4.03. The molecule has 7 nitrogen and oxygen atoms in total. The van der Waals surface area contributed by atoms with Gasteiger partial charge in [0.25, 0.3) is 0 Å². The van der Waals surface area contributed by atoms with E-state index >= 15 is 0 Å². The lowest BCUT2D eigenvalue weighted by Gasteiger charge is -2.27. The van der Waals surface area contributed by atoms with Crippen molar-refractivity contribution in [1.29, 1.82) is 0 Å². The molecule has 0 spiro atoms. The Hall–Kier alpha value is -1.46. The zero-order valence-electron chi connectivity index (χ0n) is 20.0. The number of phenolic OH excluding ortho intramolecular Hbond substituents is 1. The summed E-state index contributed by atoms with van der Waals surface area (Å²) in [5.74, 6) is 0.115. The second-order valence-electron chi connectivity index (χ2n) is 7.55. The summed E-state index contributed by atoms with van der Waals surface area (Å²) in [6.07, 6.45) is 3.94. The Morgan fingerprint density at radius 2 is 1.15 bits per heavy atom. The summed E-state index contributed by atoms with van der Waals surface area (Å²) < 4.78 is 51.2. The molecule has 0 amide bonds. The second-order valence-corrected chi connectivity index (χ2v) is 11.9. The number of aromatic hydroxyl groups is 1. The van der Waals surface area contributed by atoms with E-state index in [1.807, 2.05) is 45.9 Å². The van der Waals surface area contributed by atoms with Crippen molar-refractivity contribution in [2.75, 3.05) is 26.4 Å².